The lowest BCUT2D eigenvalue weighted by atomic mass is 10.1. The third kappa shape index (κ3) is 12.6. The van der Waals surface area contributed by atoms with Gasteiger partial charge < -0.3 is 0 Å². The van der Waals surface area contributed by atoms with Crippen molar-refractivity contribution in [3.8, 4) is 0 Å². The summed E-state index contributed by atoms with van der Waals surface area (Å²) < 4.78 is 0. The van der Waals surface area contributed by atoms with Crippen molar-refractivity contribution in [2.45, 2.75) is 32.6 Å². The molecule has 15 heavy (non-hydrogen) atoms. The van der Waals surface area contributed by atoms with Crippen LogP contribution in [-0.4, -0.2) is 11.4 Å². The zero-order chi connectivity index (χ0) is 11.5. The van der Waals surface area contributed by atoms with Crippen LogP contribution in [0.5, 0.6) is 0 Å². The van der Waals surface area contributed by atoms with Crippen molar-refractivity contribution in [3.05, 3.63) is 35.9 Å². The van der Waals surface area contributed by atoms with E-state index in [9.17, 15) is 0 Å². The first kappa shape index (κ1) is 15.6. The monoisotopic (exact) mass is 280 g/mol. The Hall–Kier alpha value is 0.622. The summed E-state index contributed by atoms with van der Waals surface area (Å²) in [7, 11) is 14.8. The molecule has 0 amide bonds. The summed E-state index contributed by atoms with van der Waals surface area (Å²) >= 11 is -1.72. The Morgan fingerprint density at radius 1 is 1.00 bits per heavy atom. The molecule has 1 rings (SSSR count). The normalized spacial score (nSPS) is 9.07. The second kappa shape index (κ2) is 11.1. The summed E-state index contributed by atoms with van der Waals surface area (Å²) in [4.78, 5) is 0. The molecular formula is C11H16AlCl3. The van der Waals surface area contributed by atoms with E-state index in [2.05, 4.69) is 37.3 Å². The molecule has 0 saturated heterocycles. The highest BCUT2D eigenvalue weighted by molar-refractivity contribution is 7.54. The molecule has 0 aliphatic rings. The number of hydrogen-bond acceptors (Lipinski definition) is 0. The summed E-state index contributed by atoms with van der Waals surface area (Å²) in [5, 5.41) is 0. The Bertz CT molecular complexity index is 224. The molecule has 0 bridgehead atoms. The van der Waals surface area contributed by atoms with Gasteiger partial charge in [-0.3, -0.25) is 0 Å². The summed E-state index contributed by atoms with van der Waals surface area (Å²) in [5.74, 6) is 0. The summed E-state index contributed by atoms with van der Waals surface area (Å²) in [6.45, 7) is 2.24. The van der Waals surface area contributed by atoms with Crippen molar-refractivity contribution in [1.82, 2.24) is 0 Å². The van der Waals surface area contributed by atoms with Gasteiger partial charge in [0.15, 0.2) is 0 Å². The zero-order valence-corrected chi connectivity index (χ0v) is 12.3. The summed E-state index contributed by atoms with van der Waals surface area (Å²) in [6.07, 6.45) is 5.25. The Balaban J connectivity index is 0.000000423. The quantitative estimate of drug-likeness (QED) is 0.531. The maximum absolute atomic E-state index is 4.94. The average molecular weight is 282 g/mol. The van der Waals surface area contributed by atoms with Crippen molar-refractivity contribution in [1.29, 1.82) is 0 Å². The molecule has 0 aliphatic carbocycles. The molecular weight excluding hydrogens is 265 g/mol. The van der Waals surface area contributed by atoms with Crippen LogP contribution in [0.25, 0.3) is 0 Å². The van der Waals surface area contributed by atoms with Crippen molar-refractivity contribution in [2.24, 2.45) is 0 Å². The molecule has 0 heterocycles. The second-order valence-electron chi connectivity index (χ2n) is 3.19. The molecule has 0 aromatic heterocycles. The van der Waals surface area contributed by atoms with Gasteiger partial charge in [0, 0.05) is 0 Å². The third-order valence-electron chi connectivity index (χ3n) is 1.91. The lowest BCUT2D eigenvalue weighted by molar-refractivity contribution is 0.717. The first-order chi connectivity index (χ1) is 7.16. The molecule has 84 valence electrons. The minimum absolute atomic E-state index is 1.24. The van der Waals surface area contributed by atoms with Crippen LogP contribution in [-0.2, 0) is 6.42 Å². The first-order valence-corrected chi connectivity index (χ1v) is 10.4. The van der Waals surface area contributed by atoms with Gasteiger partial charge in [-0.25, -0.2) is 30.1 Å². The molecule has 1 aromatic carbocycles. The molecule has 0 nitrogen and oxygen atoms in total. The molecule has 0 radical (unpaired) electrons. The van der Waals surface area contributed by atoms with Crippen molar-refractivity contribution >= 4 is 41.5 Å². The van der Waals surface area contributed by atoms with E-state index in [-0.39, 0.29) is 0 Å². The lowest BCUT2D eigenvalue weighted by Crippen LogP contribution is -1.83. The predicted molar refractivity (Wildman–Crippen MR) is 73.0 cm³/mol. The minimum Gasteiger partial charge on any atom is -0.214 e. The Labute approximate surface area is 110 Å². The van der Waals surface area contributed by atoms with Gasteiger partial charge in [0.1, 0.15) is 0 Å². The van der Waals surface area contributed by atoms with Crippen LogP contribution in [0.2, 0.25) is 0 Å². The highest BCUT2D eigenvalue weighted by Crippen LogP contribution is 2.05. The standard InChI is InChI=1S/C11H16.Al.3ClH/c1-2-3-5-8-11-9-6-4-7-10-11;;;;/h4,6-7,9-10H,2-3,5,8H2,1H3;;3*1H/q;+3;;;/p-3. The van der Waals surface area contributed by atoms with Crippen molar-refractivity contribution in [2.75, 3.05) is 0 Å². The van der Waals surface area contributed by atoms with Gasteiger partial charge in [0.2, 0.25) is 0 Å². The van der Waals surface area contributed by atoms with E-state index < -0.39 is 11.4 Å². The van der Waals surface area contributed by atoms with Gasteiger partial charge >= 0.3 is 11.4 Å². The smallest absolute Gasteiger partial charge is 0.214 e. The molecule has 4 heteroatoms. The molecule has 0 fully saturated rings. The van der Waals surface area contributed by atoms with E-state index in [1.165, 1.54) is 31.2 Å². The summed E-state index contributed by atoms with van der Waals surface area (Å²) in [6, 6.07) is 10.7. The highest BCUT2D eigenvalue weighted by Gasteiger charge is 2.00. The van der Waals surface area contributed by atoms with E-state index in [4.69, 9.17) is 30.1 Å². The van der Waals surface area contributed by atoms with Gasteiger partial charge in [-0.2, -0.15) is 0 Å². The van der Waals surface area contributed by atoms with Gasteiger partial charge in [-0.05, 0) is 18.4 Å². The van der Waals surface area contributed by atoms with E-state index in [1.54, 1.807) is 0 Å². The van der Waals surface area contributed by atoms with Gasteiger partial charge in [0.25, 0.3) is 0 Å². The zero-order valence-electron chi connectivity index (χ0n) is 8.93. The molecule has 0 atom stereocenters. The fourth-order valence-electron chi connectivity index (χ4n) is 1.22. The van der Waals surface area contributed by atoms with E-state index in [1.807, 2.05) is 0 Å². The second-order valence-corrected chi connectivity index (χ2v) is 9.62. The van der Waals surface area contributed by atoms with E-state index >= 15 is 0 Å². The third-order valence-corrected chi connectivity index (χ3v) is 1.91. The number of rotatable bonds is 4. The fourth-order valence-corrected chi connectivity index (χ4v) is 1.22. The first-order valence-electron chi connectivity index (χ1n) is 5.13. The number of aryl methyl sites for hydroxylation is 1. The molecule has 0 N–H and O–H groups in total. The molecule has 1 aromatic rings. The maximum atomic E-state index is 4.94. The number of halogens is 3. The number of benzene rings is 1. The van der Waals surface area contributed by atoms with Gasteiger partial charge in [-0.15, -0.1) is 0 Å². The van der Waals surface area contributed by atoms with Crippen molar-refractivity contribution in [3.63, 3.8) is 0 Å². The van der Waals surface area contributed by atoms with Gasteiger partial charge in [0.05, 0.1) is 0 Å². The molecule has 0 aliphatic heterocycles. The largest absolute Gasteiger partial charge is 0.643 e. The Morgan fingerprint density at radius 2 is 1.53 bits per heavy atom. The van der Waals surface area contributed by atoms with Crippen LogP contribution >= 0.6 is 30.1 Å². The van der Waals surface area contributed by atoms with E-state index in [0.717, 1.165) is 0 Å². The van der Waals surface area contributed by atoms with Crippen LogP contribution < -0.4 is 0 Å². The molecule has 0 spiro atoms. The number of hydrogen-bond donors (Lipinski definition) is 0. The Morgan fingerprint density at radius 3 is 2.00 bits per heavy atom. The maximum Gasteiger partial charge on any atom is 0.643 e. The fraction of sp³-hybridized carbons (Fsp3) is 0.455. The van der Waals surface area contributed by atoms with Crippen LogP contribution in [0, 0.1) is 0 Å². The van der Waals surface area contributed by atoms with Crippen LogP contribution in [0.4, 0.5) is 0 Å². The molecule has 0 unspecified atom stereocenters. The van der Waals surface area contributed by atoms with E-state index in [0.29, 0.717) is 0 Å². The topological polar surface area (TPSA) is 0 Å². The SMILES string of the molecule is CCCCCc1ccccc1.[Cl][Al]([Cl])[Cl]. The van der Waals surface area contributed by atoms with Gasteiger partial charge in [-0.1, -0.05) is 50.1 Å². The average Bonchev–Trinajstić information content (AvgIpc) is 2.19. The molecule has 0 saturated carbocycles. The van der Waals surface area contributed by atoms with Crippen molar-refractivity contribution < 1.29 is 0 Å². The predicted octanol–water partition coefficient (Wildman–Crippen LogP) is 5.11. The van der Waals surface area contributed by atoms with Crippen LogP contribution in [0.15, 0.2) is 30.3 Å². The summed E-state index contributed by atoms with van der Waals surface area (Å²) in [5.41, 5.74) is 1.47. The highest BCUT2D eigenvalue weighted by atomic mass is 35.8. The lowest BCUT2D eigenvalue weighted by Gasteiger charge is -1.98. The van der Waals surface area contributed by atoms with Crippen LogP contribution in [0.3, 0.4) is 0 Å². The minimum atomic E-state index is -1.72. The Kier molecular flexibility index (Phi) is 11.6. The number of unbranched alkanes of at least 4 members (excludes halogenated alkanes) is 2. The van der Waals surface area contributed by atoms with Crippen LogP contribution in [0.1, 0.15) is 31.7 Å².